The Morgan fingerprint density at radius 3 is 2.24 bits per heavy atom. The number of para-hydroxylation sites is 2. The highest BCUT2D eigenvalue weighted by molar-refractivity contribution is 7.92. The average molecular weight is 475 g/mol. The summed E-state index contributed by atoms with van der Waals surface area (Å²) in [5.74, 6) is -3.12. The van der Waals surface area contributed by atoms with Crippen LogP contribution >= 0.6 is 0 Å². The number of ether oxygens (including phenoxy) is 1. The van der Waals surface area contributed by atoms with Crippen LogP contribution < -0.4 is 20.3 Å². The van der Waals surface area contributed by atoms with E-state index in [1.165, 1.54) is 67.6 Å². The normalized spacial score (nSPS) is 11.8. The molecule has 1 unspecified atom stereocenters. The van der Waals surface area contributed by atoms with Gasteiger partial charge in [0.25, 0.3) is 21.8 Å². The van der Waals surface area contributed by atoms with Crippen LogP contribution in [0.15, 0.2) is 77.7 Å². The maximum Gasteiger partial charge on any atom is 0.279 e. The number of sulfonamides is 1. The van der Waals surface area contributed by atoms with E-state index in [4.69, 9.17) is 4.74 Å². The van der Waals surface area contributed by atoms with Gasteiger partial charge in [-0.15, -0.1) is 0 Å². The van der Waals surface area contributed by atoms with E-state index >= 15 is 0 Å². The monoisotopic (exact) mass is 475 g/mol. The Morgan fingerprint density at radius 2 is 1.55 bits per heavy atom. The summed E-state index contributed by atoms with van der Waals surface area (Å²) in [4.78, 5) is 24.2. The Hall–Kier alpha value is -3.99. The van der Waals surface area contributed by atoms with Gasteiger partial charge in [-0.05, 0) is 49.4 Å². The Balaban J connectivity index is 1.64. The fourth-order valence-electron chi connectivity index (χ4n) is 2.63. The van der Waals surface area contributed by atoms with Crippen LogP contribution in [0.25, 0.3) is 0 Å². The van der Waals surface area contributed by atoms with Gasteiger partial charge >= 0.3 is 0 Å². The van der Waals surface area contributed by atoms with Crippen molar-refractivity contribution in [1.82, 2.24) is 10.9 Å². The third-order valence-corrected chi connectivity index (χ3v) is 5.70. The molecule has 3 rings (SSSR count). The van der Waals surface area contributed by atoms with Crippen molar-refractivity contribution in [3.8, 4) is 5.75 Å². The number of benzene rings is 3. The molecule has 3 aromatic rings. The van der Waals surface area contributed by atoms with Crippen LogP contribution in [0, 0.1) is 11.6 Å². The molecule has 0 aliphatic rings. The van der Waals surface area contributed by atoms with E-state index in [0.29, 0.717) is 0 Å². The minimum atomic E-state index is -4.19. The van der Waals surface area contributed by atoms with Gasteiger partial charge in [-0.2, -0.15) is 0 Å². The Labute approximate surface area is 188 Å². The van der Waals surface area contributed by atoms with E-state index < -0.39 is 39.6 Å². The maximum absolute atomic E-state index is 13.8. The molecule has 2 amide bonds. The summed E-state index contributed by atoms with van der Waals surface area (Å²) in [6, 6.07) is 15.7. The highest BCUT2D eigenvalue weighted by Crippen LogP contribution is 2.20. The van der Waals surface area contributed by atoms with E-state index in [0.717, 1.165) is 12.1 Å². The predicted molar refractivity (Wildman–Crippen MR) is 116 cm³/mol. The lowest BCUT2D eigenvalue weighted by Gasteiger charge is -2.15. The molecule has 172 valence electrons. The molecule has 0 radical (unpaired) electrons. The topological polar surface area (TPSA) is 114 Å². The smallest absolute Gasteiger partial charge is 0.279 e. The van der Waals surface area contributed by atoms with Gasteiger partial charge in [-0.25, -0.2) is 17.2 Å². The van der Waals surface area contributed by atoms with Crippen molar-refractivity contribution in [2.24, 2.45) is 0 Å². The van der Waals surface area contributed by atoms with Crippen LogP contribution in [-0.2, 0) is 14.8 Å². The predicted octanol–water partition coefficient (Wildman–Crippen LogP) is 2.99. The lowest BCUT2D eigenvalue weighted by atomic mass is 10.2. The number of hydrogen-bond donors (Lipinski definition) is 3. The van der Waals surface area contributed by atoms with Gasteiger partial charge < -0.3 is 4.74 Å². The Morgan fingerprint density at radius 1 is 0.879 bits per heavy atom. The van der Waals surface area contributed by atoms with Gasteiger partial charge in [0.15, 0.2) is 17.7 Å². The molecule has 0 aromatic heterocycles. The molecule has 3 N–H and O–H groups in total. The minimum Gasteiger partial charge on any atom is -0.478 e. The summed E-state index contributed by atoms with van der Waals surface area (Å²) >= 11 is 0. The number of carbonyl (C=O) groups is 2. The zero-order chi connectivity index (χ0) is 24.0. The van der Waals surface area contributed by atoms with Crippen molar-refractivity contribution < 1.29 is 31.5 Å². The quantitative estimate of drug-likeness (QED) is 0.455. The summed E-state index contributed by atoms with van der Waals surface area (Å²) in [7, 11) is -4.19. The molecule has 0 bridgehead atoms. The van der Waals surface area contributed by atoms with Gasteiger partial charge in [0.1, 0.15) is 5.82 Å². The minimum absolute atomic E-state index is 0.0885. The van der Waals surface area contributed by atoms with E-state index in [1.807, 2.05) is 0 Å². The molecule has 1 atom stereocenters. The van der Waals surface area contributed by atoms with Gasteiger partial charge in [-0.1, -0.05) is 30.3 Å². The second-order valence-electron chi connectivity index (χ2n) is 6.75. The number of hydrazine groups is 1. The zero-order valence-corrected chi connectivity index (χ0v) is 18.0. The van der Waals surface area contributed by atoms with Crippen LogP contribution in [0.5, 0.6) is 5.75 Å². The Kier molecular flexibility index (Phi) is 7.23. The lowest BCUT2D eigenvalue weighted by molar-refractivity contribution is -0.128. The molecule has 3 aromatic carbocycles. The highest BCUT2D eigenvalue weighted by Gasteiger charge is 2.20. The fourth-order valence-corrected chi connectivity index (χ4v) is 3.74. The van der Waals surface area contributed by atoms with Gasteiger partial charge in [0, 0.05) is 5.56 Å². The second-order valence-corrected chi connectivity index (χ2v) is 8.43. The first-order valence-corrected chi connectivity index (χ1v) is 11.0. The molecule has 0 aliphatic heterocycles. The zero-order valence-electron chi connectivity index (χ0n) is 17.2. The number of hydrogen-bond acceptors (Lipinski definition) is 5. The van der Waals surface area contributed by atoms with Crippen molar-refractivity contribution in [1.29, 1.82) is 0 Å². The molecule has 0 spiro atoms. The number of carbonyl (C=O) groups excluding carboxylic acids is 2. The van der Waals surface area contributed by atoms with Crippen molar-refractivity contribution in [3.05, 3.63) is 90.0 Å². The summed E-state index contributed by atoms with van der Waals surface area (Å²) in [5.41, 5.74) is 3.92. The third-order valence-electron chi connectivity index (χ3n) is 4.33. The summed E-state index contributed by atoms with van der Waals surface area (Å²) in [6.07, 6.45) is -1.14. The first-order valence-electron chi connectivity index (χ1n) is 9.56. The van der Waals surface area contributed by atoms with Gasteiger partial charge in [0.05, 0.1) is 10.6 Å². The summed E-state index contributed by atoms with van der Waals surface area (Å²) in [5, 5.41) is 0. The van der Waals surface area contributed by atoms with E-state index in [1.54, 1.807) is 0 Å². The number of amides is 2. The SMILES string of the molecule is CC(Oc1ccccc1F)C(=O)NNC(=O)c1cccc(S(=O)(=O)Nc2ccccc2F)c1. The molecule has 8 nitrogen and oxygen atoms in total. The van der Waals surface area contributed by atoms with Crippen LogP contribution in [0.1, 0.15) is 17.3 Å². The first-order chi connectivity index (χ1) is 15.7. The van der Waals surface area contributed by atoms with Crippen molar-refractivity contribution in [2.45, 2.75) is 17.9 Å². The van der Waals surface area contributed by atoms with E-state index in [9.17, 15) is 26.8 Å². The number of anilines is 1. The number of rotatable bonds is 7. The van der Waals surface area contributed by atoms with Gasteiger partial charge in [0.2, 0.25) is 0 Å². The van der Waals surface area contributed by atoms with Crippen molar-refractivity contribution in [3.63, 3.8) is 0 Å². The van der Waals surface area contributed by atoms with E-state index in [-0.39, 0.29) is 21.9 Å². The number of nitrogens with one attached hydrogen (secondary N) is 3. The molecule has 11 heteroatoms. The van der Waals surface area contributed by atoms with Gasteiger partial charge in [-0.3, -0.25) is 25.2 Å². The maximum atomic E-state index is 13.8. The molecule has 0 saturated carbocycles. The van der Waals surface area contributed by atoms with Crippen LogP contribution in [-0.4, -0.2) is 26.3 Å². The lowest BCUT2D eigenvalue weighted by Crippen LogP contribution is -2.47. The highest BCUT2D eigenvalue weighted by atomic mass is 32.2. The van der Waals surface area contributed by atoms with Crippen LogP contribution in [0.4, 0.5) is 14.5 Å². The summed E-state index contributed by atoms with van der Waals surface area (Å²) < 4.78 is 59.9. The molecule has 0 aliphatic carbocycles. The second kappa shape index (κ2) is 10.1. The van der Waals surface area contributed by atoms with Crippen LogP contribution in [0.2, 0.25) is 0 Å². The largest absolute Gasteiger partial charge is 0.478 e. The standard InChI is InChI=1S/C22H19F2N3O5S/c1-14(32-20-12-5-3-10-18(20)24)21(28)25-26-22(29)15-7-6-8-16(13-15)33(30,31)27-19-11-4-2-9-17(19)23/h2-14,27H,1H3,(H,25,28)(H,26,29). The number of halogens is 2. The average Bonchev–Trinajstić information content (AvgIpc) is 2.80. The molecule has 0 heterocycles. The first kappa shape index (κ1) is 23.7. The van der Waals surface area contributed by atoms with Crippen molar-refractivity contribution >= 4 is 27.5 Å². The molecule has 33 heavy (non-hydrogen) atoms. The molecular formula is C22H19F2N3O5S. The Bertz CT molecular complexity index is 1280. The van der Waals surface area contributed by atoms with Crippen LogP contribution in [0.3, 0.4) is 0 Å². The van der Waals surface area contributed by atoms with Crippen molar-refractivity contribution in [2.75, 3.05) is 4.72 Å². The molecule has 0 fully saturated rings. The molecular weight excluding hydrogens is 456 g/mol. The third kappa shape index (κ3) is 6.04. The van der Waals surface area contributed by atoms with E-state index in [2.05, 4.69) is 15.6 Å². The fraction of sp³-hybridized carbons (Fsp3) is 0.0909. The summed E-state index contributed by atoms with van der Waals surface area (Å²) in [6.45, 7) is 1.36. The molecule has 0 saturated heterocycles.